The summed E-state index contributed by atoms with van der Waals surface area (Å²) in [5.74, 6) is -0.761. The van der Waals surface area contributed by atoms with Crippen LogP contribution in [-0.2, 0) is 4.79 Å². The van der Waals surface area contributed by atoms with Crippen molar-refractivity contribution in [3.8, 4) is 5.75 Å². The molecule has 1 amide bonds. The lowest BCUT2D eigenvalue weighted by atomic mass is 10.1. The molecule has 2 aliphatic rings. The molecule has 0 saturated carbocycles. The van der Waals surface area contributed by atoms with Gasteiger partial charge in [0.05, 0.1) is 9.83 Å². The van der Waals surface area contributed by atoms with E-state index in [0.29, 0.717) is 15.6 Å². The van der Waals surface area contributed by atoms with Crippen LogP contribution in [0.1, 0.15) is 11.1 Å². The Morgan fingerprint density at radius 3 is 2.43 bits per heavy atom. The number of nitro groups is 1. The van der Waals surface area contributed by atoms with Crippen LogP contribution in [0.15, 0.2) is 52.4 Å². The van der Waals surface area contributed by atoms with Crippen LogP contribution in [0.2, 0.25) is 0 Å². The fraction of sp³-hybridized carbons (Fsp3) is 0.238. The number of carbonyl (C=O) groups is 1. The summed E-state index contributed by atoms with van der Waals surface area (Å²) in [4.78, 5) is 31.7. The molecular formula is C21H20N4O4S. The lowest BCUT2D eigenvalue weighted by Gasteiger charge is -2.36. The van der Waals surface area contributed by atoms with Crippen LogP contribution in [-0.4, -0.2) is 52.2 Å². The standard InChI is InChI=1S/C21H20N4O4S/c1-14-2-5-16(6-3-14)23-8-10-24(11-9-23)21-22-20(27)19(30-21)13-15-4-7-18(26)17(12-15)25(28)29/h2-7,12-13,26H,8-11H2,1H3. The number of phenols is 1. The number of nitro benzene ring substituents is 1. The third-order valence-corrected chi connectivity index (χ3v) is 6.10. The minimum Gasteiger partial charge on any atom is -0.502 e. The highest BCUT2D eigenvalue weighted by molar-refractivity contribution is 8.18. The van der Waals surface area contributed by atoms with Crippen molar-refractivity contribution in [2.75, 3.05) is 31.1 Å². The van der Waals surface area contributed by atoms with Gasteiger partial charge in [0.1, 0.15) is 0 Å². The third-order valence-electron chi connectivity index (χ3n) is 5.05. The van der Waals surface area contributed by atoms with Crippen molar-refractivity contribution in [1.82, 2.24) is 4.90 Å². The highest BCUT2D eigenvalue weighted by Crippen LogP contribution is 2.33. The molecule has 2 heterocycles. The monoisotopic (exact) mass is 424 g/mol. The average molecular weight is 424 g/mol. The summed E-state index contributed by atoms with van der Waals surface area (Å²) in [6.45, 7) is 5.24. The topological polar surface area (TPSA) is 99.3 Å². The third kappa shape index (κ3) is 4.16. The van der Waals surface area contributed by atoms with Crippen LogP contribution < -0.4 is 4.90 Å². The van der Waals surface area contributed by atoms with Gasteiger partial charge in [-0.2, -0.15) is 4.99 Å². The van der Waals surface area contributed by atoms with Crippen molar-refractivity contribution >= 4 is 40.3 Å². The molecule has 9 heteroatoms. The van der Waals surface area contributed by atoms with Crippen molar-refractivity contribution in [1.29, 1.82) is 0 Å². The first kappa shape index (κ1) is 20.0. The first-order valence-corrected chi connectivity index (χ1v) is 10.3. The average Bonchev–Trinajstić information content (AvgIpc) is 3.10. The van der Waals surface area contributed by atoms with E-state index in [1.165, 1.54) is 41.2 Å². The van der Waals surface area contributed by atoms with Gasteiger partial charge in [-0.25, -0.2) is 0 Å². The molecule has 8 nitrogen and oxygen atoms in total. The number of hydrogen-bond donors (Lipinski definition) is 1. The normalized spacial score (nSPS) is 18.1. The first-order chi connectivity index (χ1) is 14.4. The zero-order valence-electron chi connectivity index (χ0n) is 16.3. The number of phenolic OH excluding ortho intramolecular Hbond substituents is 1. The maximum Gasteiger partial charge on any atom is 0.311 e. The molecule has 0 atom stereocenters. The van der Waals surface area contributed by atoms with E-state index in [1.807, 2.05) is 0 Å². The Balaban J connectivity index is 1.42. The van der Waals surface area contributed by atoms with Crippen LogP contribution in [0.4, 0.5) is 11.4 Å². The van der Waals surface area contributed by atoms with E-state index >= 15 is 0 Å². The smallest absolute Gasteiger partial charge is 0.311 e. The van der Waals surface area contributed by atoms with Gasteiger partial charge < -0.3 is 14.9 Å². The van der Waals surface area contributed by atoms with Gasteiger partial charge in [0, 0.05) is 37.9 Å². The number of benzene rings is 2. The Bertz CT molecular complexity index is 1060. The lowest BCUT2D eigenvalue weighted by Crippen LogP contribution is -2.47. The number of amides is 1. The van der Waals surface area contributed by atoms with Gasteiger partial charge in [0.2, 0.25) is 0 Å². The highest BCUT2D eigenvalue weighted by atomic mass is 32.2. The maximum atomic E-state index is 12.3. The quantitative estimate of drug-likeness (QED) is 0.458. The van der Waals surface area contributed by atoms with Gasteiger partial charge >= 0.3 is 5.69 Å². The van der Waals surface area contributed by atoms with Crippen LogP contribution >= 0.6 is 11.8 Å². The number of aliphatic imine (C=N–C) groups is 1. The van der Waals surface area contributed by atoms with Gasteiger partial charge in [0.15, 0.2) is 10.9 Å². The number of carbonyl (C=O) groups excluding carboxylic acids is 1. The summed E-state index contributed by atoms with van der Waals surface area (Å²) in [6, 6.07) is 12.5. The molecule has 1 N–H and O–H groups in total. The fourth-order valence-electron chi connectivity index (χ4n) is 3.37. The zero-order chi connectivity index (χ0) is 21.3. The molecule has 2 aromatic rings. The molecule has 2 aliphatic heterocycles. The molecular weight excluding hydrogens is 404 g/mol. The second-order valence-corrected chi connectivity index (χ2v) is 8.13. The Kier molecular flexibility index (Phi) is 5.45. The fourth-order valence-corrected chi connectivity index (χ4v) is 4.34. The van der Waals surface area contributed by atoms with Gasteiger partial charge in [-0.3, -0.25) is 14.9 Å². The molecule has 2 aromatic carbocycles. The van der Waals surface area contributed by atoms with Crippen molar-refractivity contribution in [3.63, 3.8) is 0 Å². The molecule has 1 saturated heterocycles. The van der Waals surface area contributed by atoms with Crippen LogP contribution in [0.3, 0.4) is 0 Å². The SMILES string of the molecule is Cc1ccc(N2CCN(C3=NC(=O)C(=Cc4ccc(O)c([N+](=O)[O-])c4)S3)CC2)cc1. The minimum absolute atomic E-state index is 0.355. The van der Waals surface area contributed by atoms with Crippen molar-refractivity contribution in [3.05, 3.63) is 68.6 Å². The van der Waals surface area contributed by atoms with E-state index in [4.69, 9.17) is 0 Å². The van der Waals surface area contributed by atoms with E-state index in [9.17, 15) is 20.0 Å². The lowest BCUT2D eigenvalue weighted by molar-refractivity contribution is -0.385. The molecule has 0 aromatic heterocycles. The number of nitrogens with zero attached hydrogens (tertiary/aromatic N) is 4. The second-order valence-electron chi connectivity index (χ2n) is 7.13. The van der Waals surface area contributed by atoms with Gasteiger partial charge in [0.25, 0.3) is 5.91 Å². The van der Waals surface area contributed by atoms with Gasteiger partial charge in [-0.05, 0) is 48.5 Å². The number of piperazine rings is 1. The van der Waals surface area contributed by atoms with Crippen molar-refractivity contribution < 1.29 is 14.8 Å². The number of aromatic hydroxyl groups is 1. The van der Waals surface area contributed by atoms with Gasteiger partial charge in [-0.1, -0.05) is 23.8 Å². The predicted octanol–water partition coefficient (Wildman–Crippen LogP) is 3.40. The van der Waals surface area contributed by atoms with E-state index in [2.05, 4.69) is 46.0 Å². The molecule has 30 heavy (non-hydrogen) atoms. The van der Waals surface area contributed by atoms with Crippen molar-refractivity contribution in [2.24, 2.45) is 4.99 Å². The Labute approximate surface area is 177 Å². The summed E-state index contributed by atoms with van der Waals surface area (Å²) >= 11 is 1.27. The van der Waals surface area contributed by atoms with Crippen LogP contribution in [0.25, 0.3) is 6.08 Å². The molecule has 154 valence electrons. The number of thioether (sulfide) groups is 1. The number of amidine groups is 1. The van der Waals surface area contributed by atoms with Gasteiger partial charge in [-0.15, -0.1) is 0 Å². The van der Waals surface area contributed by atoms with Crippen LogP contribution in [0, 0.1) is 17.0 Å². The predicted molar refractivity (Wildman–Crippen MR) is 118 cm³/mol. The second kappa shape index (κ2) is 8.19. The van der Waals surface area contributed by atoms with Crippen molar-refractivity contribution in [2.45, 2.75) is 6.92 Å². The minimum atomic E-state index is -0.656. The van der Waals surface area contributed by atoms with E-state index in [0.717, 1.165) is 26.2 Å². The summed E-state index contributed by atoms with van der Waals surface area (Å²) in [6.07, 6.45) is 1.57. The molecule has 0 bridgehead atoms. The molecule has 0 aliphatic carbocycles. The molecule has 0 spiro atoms. The van der Waals surface area contributed by atoms with E-state index in [-0.39, 0.29) is 5.91 Å². The summed E-state index contributed by atoms with van der Waals surface area (Å²) in [5, 5.41) is 21.2. The zero-order valence-corrected chi connectivity index (χ0v) is 17.1. The van der Waals surface area contributed by atoms with E-state index in [1.54, 1.807) is 6.08 Å². The molecule has 0 radical (unpaired) electrons. The number of rotatable bonds is 3. The largest absolute Gasteiger partial charge is 0.502 e. The summed E-state index contributed by atoms with van der Waals surface area (Å²) < 4.78 is 0. The molecule has 0 unspecified atom stereocenters. The number of hydrogen-bond acceptors (Lipinski definition) is 7. The Hall–Kier alpha value is -3.33. The molecule has 4 rings (SSSR count). The Morgan fingerprint density at radius 2 is 1.77 bits per heavy atom. The van der Waals surface area contributed by atoms with E-state index < -0.39 is 16.4 Å². The number of aryl methyl sites for hydroxylation is 1. The number of anilines is 1. The Morgan fingerprint density at radius 1 is 1.10 bits per heavy atom. The maximum absolute atomic E-state index is 12.3. The molecule has 1 fully saturated rings. The first-order valence-electron chi connectivity index (χ1n) is 9.47. The summed E-state index contributed by atoms with van der Waals surface area (Å²) in [5.41, 5.74) is 2.49. The van der Waals surface area contributed by atoms with Crippen LogP contribution in [0.5, 0.6) is 5.75 Å². The summed E-state index contributed by atoms with van der Waals surface area (Å²) in [7, 11) is 0. The highest BCUT2D eigenvalue weighted by Gasteiger charge is 2.28.